The second kappa shape index (κ2) is 29.0. The number of aromatic nitrogens is 12. The van der Waals surface area contributed by atoms with Crippen molar-refractivity contribution < 1.29 is 0 Å². The van der Waals surface area contributed by atoms with Gasteiger partial charge < -0.3 is 4.57 Å². The van der Waals surface area contributed by atoms with E-state index in [2.05, 4.69) is 220 Å². The van der Waals surface area contributed by atoms with Crippen LogP contribution < -0.4 is 0 Å². The van der Waals surface area contributed by atoms with Crippen molar-refractivity contribution >= 4 is 139 Å². The van der Waals surface area contributed by atoms with Gasteiger partial charge >= 0.3 is 0 Å². The molecule has 0 saturated heterocycles. The van der Waals surface area contributed by atoms with Crippen molar-refractivity contribution in [2.24, 2.45) is 0 Å². The van der Waals surface area contributed by atoms with Crippen LogP contribution in [-0.2, 0) is 0 Å². The molecule has 0 saturated carbocycles. The van der Waals surface area contributed by atoms with E-state index in [1.807, 2.05) is 205 Å². The summed E-state index contributed by atoms with van der Waals surface area (Å²) in [7, 11) is 0. The van der Waals surface area contributed by atoms with Crippen LogP contribution in [0.3, 0.4) is 0 Å². The van der Waals surface area contributed by atoms with Crippen LogP contribution in [0.25, 0.3) is 214 Å². The molecular formula is C103H64N12S2. The van der Waals surface area contributed by atoms with Gasteiger partial charge in [0.1, 0.15) is 0 Å². The summed E-state index contributed by atoms with van der Waals surface area (Å²) >= 11 is 3.69. The van der Waals surface area contributed by atoms with Crippen molar-refractivity contribution in [1.29, 1.82) is 0 Å². The zero-order chi connectivity index (χ0) is 77.3. The van der Waals surface area contributed by atoms with Crippen LogP contribution in [0.4, 0.5) is 0 Å². The standard InChI is InChI=1S/C39H24N4S.C33H20N4S.C31H20N4/c1-3-11-25(12-4-1)37-40-38(26-13-5-2-6-14-26)42-39(41-37)27-19-21-28(22-20-27)43-33-17-9-7-15-29(33)31-23-24-32-30-16-8-10-18-34(30)44-36(32)35(31)43;1-3-11-21(12-4-1)31-34-32(22-13-5-2-6-14-22)36-33(35-31)37-27-17-9-7-15-23(27)25-19-20-26-24-16-8-10-18-28(24)38-30(26)29(25)37;1-3-12-22(13-4-1)29-32-30(23-14-5-2-6-15-23)34-31(33-29)35-26-18-10-9-17-25(26)28-24-16-8-7-11-21(24)19-20-27(28)35/h1-24H;1-20H;1-20H. The van der Waals surface area contributed by atoms with E-state index in [1.165, 1.54) is 94.5 Å². The SMILES string of the molecule is c1ccc(-c2nc(-c3ccccc3)nc(-c3ccc(-n4c5ccccc5c5ccc6c7ccccc7sc6c54)cc3)n2)cc1.c1ccc(-c2nc(-c3ccccc3)nc(-n3c4ccccc4c4c5ccccc5ccc43)n2)cc1.c1ccc(-c2nc(-c3ccccc3)nc(-n3c4ccccc4c4ccc5c6ccccc6sc5c43)n2)cc1. The summed E-state index contributed by atoms with van der Waals surface area (Å²) in [6.45, 7) is 0. The molecule has 8 heterocycles. The van der Waals surface area contributed by atoms with Crippen LogP contribution in [-0.4, -0.2) is 58.6 Å². The average molecular weight is 1530 g/mol. The summed E-state index contributed by atoms with van der Waals surface area (Å²) < 4.78 is 11.9. The topological polar surface area (TPSA) is 131 Å². The van der Waals surface area contributed by atoms with Gasteiger partial charge in [-0.3, -0.25) is 9.13 Å². The highest BCUT2D eigenvalue weighted by Gasteiger charge is 2.25. The lowest BCUT2D eigenvalue weighted by Crippen LogP contribution is -2.06. The van der Waals surface area contributed by atoms with Crippen molar-refractivity contribution in [2.75, 3.05) is 0 Å². The van der Waals surface area contributed by atoms with Gasteiger partial charge in [-0.05, 0) is 71.4 Å². The second-order valence-corrected chi connectivity index (χ2v) is 30.8. The fourth-order valence-corrected chi connectivity index (χ4v) is 18.9. The van der Waals surface area contributed by atoms with E-state index < -0.39 is 0 Å². The Morgan fingerprint density at radius 1 is 0.179 bits per heavy atom. The van der Waals surface area contributed by atoms with E-state index in [0.717, 1.165) is 66.7 Å². The molecule has 0 fully saturated rings. The lowest BCUT2D eigenvalue weighted by molar-refractivity contribution is 0.953. The van der Waals surface area contributed by atoms with Crippen molar-refractivity contribution in [3.63, 3.8) is 0 Å². The highest BCUT2D eigenvalue weighted by molar-refractivity contribution is 7.27. The van der Waals surface area contributed by atoms with Gasteiger partial charge in [0.2, 0.25) is 11.9 Å². The Hall–Kier alpha value is -15.4. The minimum Gasteiger partial charge on any atom is -0.308 e. The third kappa shape index (κ3) is 12.2. The molecular weight excluding hydrogens is 1470 g/mol. The van der Waals surface area contributed by atoms with Gasteiger partial charge in [-0.1, -0.05) is 328 Å². The number of benzene rings is 16. The first-order chi connectivity index (χ1) is 58.0. The summed E-state index contributed by atoms with van der Waals surface area (Å²) in [6, 6.07) is 134. The van der Waals surface area contributed by atoms with Crippen LogP contribution in [0.5, 0.6) is 0 Å². The Bertz CT molecular complexity index is 7750. The lowest BCUT2D eigenvalue weighted by atomic mass is 10.0. The summed E-state index contributed by atoms with van der Waals surface area (Å²) in [5.41, 5.74) is 14.6. The molecule has 0 N–H and O–H groups in total. The van der Waals surface area contributed by atoms with Crippen LogP contribution in [0.1, 0.15) is 0 Å². The molecule has 8 aromatic heterocycles. The number of hydrogen-bond donors (Lipinski definition) is 0. The number of fused-ring (bicyclic) bond motifs is 19. The molecule has 0 radical (unpaired) electrons. The van der Waals surface area contributed by atoms with Gasteiger partial charge in [0.15, 0.2) is 40.8 Å². The molecule has 16 aromatic carbocycles. The molecule has 0 unspecified atom stereocenters. The molecule has 0 aliphatic heterocycles. The van der Waals surface area contributed by atoms with Crippen molar-refractivity contribution in [1.82, 2.24) is 58.6 Å². The first-order valence-corrected chi connectivity index (χ1v) is 40.5. The molecule has 0 spiro atoms. The molecule has 12 nitrogen and oxygen atoms in total. The zero-order valence-electron chi connectivity index (χ0n) is 62.6. The van der Waals surface area contributed by atoms with Gasteiger partial charge in [-0.25, -0.2) is 24.9 Å². The number of rotatable bonds is 10. The predicted molar refractivity (Wildman–Crippen MR) is 484 cm³/mol. The molecule has 117 heavy (non-hydrogen) atoms. The van der Waals surface area contributed by atoms with Gasteiger partial charge in [0, 0.05) is 108 Å². The molecule has 0 atom stereocenters. The Morgan fingerprint density at radius 3 is 0.897 bits per heavy atom. The van der Waals surface area contributed by atoms with Gasteiger partial charge in [0.25, 0.3) is 0 Å². The van der Waals surface area contributed by atoms with Crippen molar-refractivity contribution in [3.05, 3.63) is 388 Å². The van der Waals surface area contributed by atoms with Crippen LogP contribution in [0.2, 0.25) is 0 Å². The highest BCUT2D eigenvalue weighted by atomic mass is 32.1. The number of thiophene rings is 2. The number of nitrogens with zero attached hydrogens (tertiary/aromatic N) is 12. The van der Waals surface area contributed by atoms with Gasteiger partial charge in [0.05, 0.1) is 42.5 Å². The van der Waals surface area contributed by atoms with E-state index >= 15 is 0 Å². The molecule has 0 bridgehead atoms. The van der Waals surface area contributed by atoms with E-state index in [0.29, 0.717) is 52.7 Å². The first kappa shape index (κ1) is 68.5. The van der Waals surface area contributed by atoms with E-state index in [-0.39, 0.29) is 0 Å². The molecule has 24 aromatic rings. The maximum Gasteiger partial charge on any atom is 0.238 e. The van der Waals surface area contributed by atoms with E-state index in [4.69, 9.17) is 44.9 Å². The van der Waals surface area contributed by atoms with E-state index in [1.54, 1.807) is 0 Å². The third-order valence-corrected chi connectivity index (χ3v) is 24.2. The van der Waals surface area contributed by atoms with Crippen LogP contribution in [0.15, 0.2) is 388 Å². The van der Waals surface area contributed by atoms with Crippen LogP contribution >= 0.6 is 22.7 Å². The second-order valence-electron chi connectivity index (χ2n) is 28.7. The maximum atomic E-state index is 5.08. The molecule has 0 amide bonds. The average Bonchev–Trinajstić information content (AvgIpc) is 1.65. The monoisotopic (exact) mass is 1530 g/mol. The Balaban J connectivity index is 0.000000107. The zero-order valence-corrected chi connectivity index (χ0v) is 64.3. The number of para-hydroxylation sites is 3. The molecule has 0 aliphatic carbocycles. The molecule has 548 valence electrons. The smallest absolute Gasteiger partial charge is 0.238 e. The minimum absolute atomic E-state index is 0.610. The molecule has 14 heteroatoms. The van der Waals surface area contributed by atoms with Gasteiger partial charge in [-0.15, -0.1) is 22.7 Å². The first-order valence-electron chi connectivity index (χ1n) is 38.8. The molecule has 24 rings (SSSR count). The summed E-state index contributed by atoms with van der Waals surface area (Å²) in [4.78, 5) is 44.6. The fourth-order valence-electron chi connectivity index (χ4n) is 16.4. The quantitative estimate of drug-likeness (QED) is 0.131. The van der Waals surface area contributed by atoms with Crippen molar-refractivity contribution in [2.45, 2.75) is 0 Å². The summed E-state index contributed by atoms with van der Waals surface area (Å²) in [5, 5.41) is 14.9. The summed E-state index contributed by atoms with van der Waals surface area (Å²) in [6.07, 6.45) is 0. The lowest BCUT2D eigenvalue weighted by Gasteiger charge is -2.11. The van der Waals surface area contributed by atoms with Gasteiger partial charge in [-0.2, -0.15) is 19.9 Å². The Labute approximate surface area is 678 Å². The largest absolute Gasteiger partial charge is 0.308 e. The Morgan fingerprint density at radius 2 is 0.479 bits per heavy atom. The summed E-state index contributed by atoms with van der Waals surface area (Å²) in [5.74, 6) is 5.82. The Kier molecular flexibility index (Phi) is 17.0. The fraction of sp³-hybridized carbons (Fsp3) is 0. The molecule has 0 aliphatic rings. The third-order valence-electron chi connectivity index (χ3n) is 21.8. The van der Waals surface area contributed by atoms with Crippen molar-refractivity contribution in [3.8, 4) is 97.3 Å². The normalized spacial score (nSPS) is 11.6. The van der Waals surface area contributed by atoms with Crippen LogP contribution in [0, 0.1) is 0 Å². The maximum absolute atomic E-state index is 5.08. The minimum atomic E-state index is 0.610. The van der Waals surface area contributed by atoms with E-state index in [9.17, 15) is 0 Å². The number of hydrogen-bond acceptors (Lipinski definition) is 11. The predicted octanol–water partition coefficient (Wildman–Crippen LogP) is 26.5. The highest BCUT2D eigenvalue weighted by Crippen LogP contribution is 2.46.